The van der Waals surface area contributed by atoms with Crippen molar-refractivity contribution in [3.8, 4) is 0 Å². The monoisotopic (exact) mass is 292 g/mol. The molecule has 0 aromatic carbocycles. The molecule has 0 amide bonds. The molecule has 1 heterocycles. The van der Waals surface area contributed by atoms with E-state index in [4.69, 9.17) is 5.11 Å². The normalized spacial score (nSPS) is 17.4. The number of aliphatic hydroxyl groups is 1. The van der Waals surface area contributed by atoms with Gasteiger partial charge in [-0.2, -0.15) is 0 Å². The SMILES string of the molecule is CC(NC(C)C(C)CO)c1ncc(Br)s1. The summed E-state index contributed by atoms with van der Waals surface area (Å²) < 4.78 is 1.05. The molecule has 5 heteroatoms. The lowest BCUT2D eigenvalue weighted by Gasteiger charge is -2.22. The summed E-state index contributed by atoms with van der Waals surface area (Å²) in [6, 6.07) is 0.512. The van der Waals surface area contributed by atoms with E-state index in [1.54, 1.807) is 11.3 Å². The highest BCUT2D eigenvalue weighted by atomic mass is 79.9. The third-order valence-electron chi connectivity index (χ3n) is 2.52. The van der Waals surface area contributed by atoms with Gasteiger partial charge in [-0.3, -0.25) is 0 Å². The Morgan fingerprint density at radius 1 is 1.53 bits per heavy atom. The first-order chi connectivity index (χ1) is 7.04. The van der Waals surface area contributed by atoms with Gasteiger partial charge in [0.05, 0.1) is 16.0 Å². The molecule has 0 spiro atoms. The highest BCUT2D eigenvalue weighted by Crippen LogP contribution is 2.24. The molecule has 3 nitrogen and oxygen atoms in total. The molecule has 86 valence electrons. The van der Waals surface area contributed by atoms with Crippen molar-refractivity contribution in [1.82, 2.24) is 10.3 Å². The van der Waals surface area contributed by atoms with Crippen LogP contribution in [-0.4, -0.2) is 22.7 Å². The Bertz CT molecular complexity index is 305. The van der Waals surface area contributed by atoms with Crippen LogP contribution in [-0.2, 0) is 0 Å². The zero-order chi connectivity index (χ0) is 11.4. The number of nitrogens with one attached hydrogen (secondary N) is 1. The van der Waals surface area contributed by atoms with E-state index in [0.29, 0.717) is 0 Å². The summed E-state index contributed by atoms with van der Waals surface area (Å²) in [5.74, 6) is 0.260. The third kappa shape index (κ3) is 3.83. The first-order valence-electron chi connectivity index (χ1n) is 5.02. The van der Waals surface area contributed by atoms with Crippen LogP contribution in [0.3, 0.4) is 0 Å². The molecule has 0 aliphatic rings. The second kappa shape index (κ2) is 5.94. The van der Waals surface area contributed by atoms with Gasteiger partial charge in [0, 0.05) is 12.6 Å². The average Bonchev–Trinajstić information content (AvgIpc) is 2.63. The fourth-order valence-corrected chi connectivity index (χ4v) is 2.51. The van der Waals surface area contributed by atoms with E-state index >= 15 is 0 Å². The third-order valence-corrected chi connectivity index (χ3v) is 4.18. The van der Waals surface area contributed by atoms with Crippen LogP contribution in [0.1, 0.15) is 31.8 Å². The Hall–Kier alpha value is 0.0300. The van der Waals surface area contributed by atoms with Gasteiger partial charge in [-0.15, -0.1) is 11.3 Å². The van der Waals surface area contributed by atoms with Crippen LogP contribution in [0, 0.1) is 5.92 Å². The van der Waals surface area contributed by atoms with Crippen molar-refractivity contribution in [2.75, 3.05) is 6.61 Å². The summed E-state index contributed by atoms with van der Waals surface area (Å²) in [4.78, 5) is 4.30. The largest absolute Gasteiger partial charge is 0.396 e. The number of thiazole rings is 1. The number of hydrogen-bond donors (Lipinski definition) is 2. The topological polar surface area (TPSA) is 45.1 Å². The minimum Gasteiger partial charge on any atom is -0.396 e. The van der Waals surface area contributed by atoms with E-state index in [9.17, 15) is 0 Å². The maximum absolute atomic E-state index is 9.03. The second-order valence-corrected chi connectivity index (χ2v) is 6.28. The van der Waals surface area contributed by atoms with Crippen LogP contribution in [0.2, 0.25) is 0 Å². The standard InChI is InChI=1S/C10H17BrN2OS/c1-6(5-14)7(2)13-8(3)10-12-4-9(11)15-10/h4,6-8,13-14H,5H2,1-3H3. The molecule has 0 aliphatic carbocycles. The molecule has 3 unspecified atom stereocenters. The fourth-order valence-electron chi connectivity index (χ4n) is 1.26. The van der Waals surface area contributed by atoms with E-state index in [2.05, 4.69) is 40.1 Å². The van der Waals surface area contributed by atoms with Crippen molar-refractivity contribution in [3.05, 3.63) is 15.0 Å². The first-order valence-corrected chi connectivity index (χ1v) is 6.63. The van der Waals surface area contributed by atoms with Crippen LogP contribution >= 0.6 is 27.3 Å². The molecule has 1 aromatic rings. The maximum atomic E-state index is 9.03. The van der Waals surface area contributed by atoms with Crippen LogP contribution in [0.5, 0.6) is 0 Å². The number of aromatic nitrogens is 1. The smallest absolute Gasteiger partial charge is 0.110 e. The number of halogens is 1. The Morgan fingerprint density at radius 3 is 2.67 bits per heavy atom. The molecule has 15 heavy (non-hydrogen) atoms. The van der Waals surface area contributed by atoms with Crippen molar-refractivity contribution in [2.24, 2.45) is 5.92 Å². The van der Waals surface area contributed by atoms with Gasteiger partial charge in [0.15, 0.2) is 0 Å². The lowest BCUT2D eigenvalue weighted by molar-refractivity contribution is 0.202. The molecular formula is C10H17BrN2OS. The molecule has 3 atom stereocenters. The number of aliphatic hydroxyl groups excluding tert-OH is 1. The molecule has 2 N–H and O–H groups in total. The zero-order valence-corrected chi connectivity index (χ0v) is 11.6. The van der Waals surface area contributed by atoms with E-state index in [0.717, 1.165) is 8.79 Å². The highest BCUT2D eigenvalue weighted by Gasteiger charge is 2.16. The van der Waals surface area contributed by atoms with E-state index in [1.165, 1.54) is 0 Å². The van der Waals surface area contributed by atoms with Crippen LogP contribution in [0.15, 0.2) is 9.98 Å². The molecule has 0 fully saturated rings. The van der Waals surface area contributed by atoms with Crippen molar-refractivity contribution in [2.45, 2.75) is 32.9 Å². The van der Waals surface area contributed by atoms with Crippen molar-refractivity contribution in [1.29, 1.82) is 0 Å². The van der Waals surface area contributed by atoms with Gasteiger partial charge < -0.3 is 10.4 Å². The van der Waals surface area contributed by atoms with Gasteiger partial charge in [-0.25, -0.2) is 4.98 Å². The Kier molecular flexibility index (Phi) is 5.18. The van der Waals surface area contributed by atoms with Crippen LogP contribution in [0.4, 0.5) is 0 Å². The lowest BCUT2D eigenvalue weighted by Crippen LogP contribution is -2.35. The van der Waals surface area contributed by atoms with E-state index in [1.807, 2.05) is 13.1 Å². The van der Waals surface area contributed by atoms with Gasteiger partial charge in [-0.05, 0) is 35.7 Å². The predicted octanol–water partition coefficient (Wildman–Crippen LogP) is 2.57. The van der Waals surface area contributed by atoms with Gasteiger partial charge in [0.2, 0.25) is 0 Å². The molecule has 0 saturated heterocycles. The van der Waals surface area contributed by atoms with E-state index in [-0.39, 0.29) is 24.6 Å². The minimum absolute atomic E-state index is 0.211. The molecule has 0 radical (unpaired) electrons. The summed E-state index contributed by atoms with van der Waals surface area (Å²) in [7, 11) is 0. The molecule has 1 rings (SSSR count). The second-order valence-electron chi connectivity index (χ2n) is 3.84. The highest BCUT2D eigenvalue weighted by molar-refractivity contribution is 9.11. The quantitative estimate of drug-likeness (QED) is 0.877. The Labute approximate surface area is 103 Å². The van der Waals surface area contributed by atoms with Gasteiger partial charge in [0.1, 0.15) is 5.01 Å². The van der Waals surface area contributed by atoms with E-state index < -0.39 is 0 Å². The molecule has 0 bridgehead atoms. The fraction of sp³-hybridized carbons (Fsp3) is 0.700. The van der Waals surface area contributed by atoms with Gasteiger partial charge in [-0.1, -0.05) is 6.92 Å². The number of nitrogens with zero attached hydrogens (tertiary/aromatic N) is 1. The molecule has 1 aromatic heterocycles. The minimum atomic E-state index is 0.211. The molecule has 0 aliphatic heterocycles. The number of hydrogen-bond acceptors (Lipinski definition) is 4. The Morgan fingerprint density at radius 2 is 2.20 bits per heavy atom. The summed E-state index contributed by atoms with van der Waals surface area (Å²) in [5.41, 5.74) is 0. The predicted molar refractivity (Wildman–Crippen MR) is 67.1 cm³/mol. The maximum Gasteiger partial charge on any atom is 0.110 e. The van der Waals surface area contributed by atoms with Crippen LogP contribution in [0.25, 0.3) is 0 Å². The van der Waals surface area contributed by atoms with Crippen LogP contribution < -0.4 is 5.32 Å². The number of rotatable bonds is 5. The van der Waals surface area contributed by atoms with Crippen molar-refractivity contribution >= 4 is 27.3 Å². The van der Waals surface area contributed by atoms with Crippen molar-refractivity contribution < 1.29 is 5.11 Å². The molecular weight excluding hydrogens is 276 g/mol. The zero-order valence-electron chi connectivity index (χ0n) is 9.20. The summed E-state index contributed by atoms with van der Waals surface area (Å²) >= 11 is 5.04. The summed E-state index contributed by atoms with van der Waals surface area (Å²) in [6.45, 7) is 6.41. The lowest BCUT2D eigenvalue weighted by atomic mass is 10.0. The Balaban J connectivity index is 2.52. The first kappa shape index (κ1) is 13.1. The average molecular weight is 293 g/mol. The van der Waals surface area contributed by atoms with Gasteiger partial charge >= 0.3 is 0 Å². The van der Waals surface area contributed by atoms with Gasteiger partial charge in [0.25, 0.3) is 0 Å². The van der Waals surface area contributed by atoms with Crippen molar-refractivity contribution in [3.63, 3.8) is 0 Å². The summed E-state index contributed by atoms with van der Waals surface area (Å²) in [6.07, 6.45) is 1.82. The molecule has 0 saturated carbocycles. The summed E-state index contributed by atoms with van der Waals surface area (Å²) in [5, 5.41) is 13.5.